The summed E-state index contributed by atoms with van der Waals surface area (Å²) in [5, 5.41) is 10.9. The van der Waals surface area contributed by atoms with Crippen molar-refractivity contribution < 1.29 is 24.0 Å². The second kappa shape index (κ2) is 4.75. The summed E-state index contributed by atoms with van der Waals surface area (Å²) in [6.07, 6.45) is 0.784. The Labute approximate surface area is 115 Å². The van der Waals surface area contributed by atoms with E-state index in [1.54, 1.807) is 23.1 Å². The molecule has 2 aromatic carbocycles. The molecule has 0 spiro atoms. The Morgan fingerprint density at radius 1 is 1.25 bits per heavy atom. The molecule has 7 heteroatoms. The molecule has 0 bridgehead atoms. The minimum absolute atomic E-state index is 0.132. The quantitative estimate of drug-likeness (QED) is 0.746. The molecule has 0 fully saturated rings. The molecule has 106 valence electrons. The van der Waals surface area contributed by atoms with Crippen molar-refractivity contribution in [3.8, 4) is 5.75 Å². The van der Waals surface area contributed by atoms with E-state index in [0.29, 0.717) is 11.9 Å². The average Bonchev–Trinajstić information content (AvgIpc) is 2.80. The summed E-state index contributed by atoms with van der Waals surface area (Å²) >= 11 is 0. The van der Waals surface area contributed by atoms with Crippen LogP contribution in [-0.4, -0.2) is 28.2 Å². The molecule has 0 aliphatic carbocycles. The second-order valence-electron chi connectivity index (χ2n) is 4.65. The highest BCUT2D eigenvalue weighted by Gasteiger charge is 2.25. The molecular formula is C13H14NO5P. The number of aliphatic hydroxyl groups excluding tert-OH is 1. The highest BCUT2D eigenvalue weighted by molar-refractivity contribution is 7.46. The molecule has 0 aromatic heterocycles. The smallest absolute Gasteiger partial charge is 0.404 e. The molecule has 1 heterocycles. The van der Waals surface area contributed by atoms with Crippen molar-refractivity contribution in [3.05, 3.63) is 35.9 Å². The standard InChI is InChI=1S/C13H14NO5P/c15-8-14-6-5-10-9-3-1-2-4-11(9)13(7-12(10)14)19-20(16,17)18/h1-4,7,15H,5-6,8H2,(H2,16,17,18). The Kier molecular flexibility index (Phi) is 3.18. The normalized spacial score (nSPS) is 14.7. The predicted octanol–water partition coefficient (Wildman–Crippen LogP) is 1.62. The number of hydrogen-bond donors (Lipinski definition) is 3. The SMILES string of the molecule is O=P(O)(O)Oc1cc2c(c3ccccc13)CCN2CO. The summed E-state index contributed by atoms with van der Waals surface area (Å²) in [5.41, 5.74) is 1.82. The van der Waals surface area contributed by atoms with Gasteiger partial charge in [-0.25, -0.2) is 4.57 Å². The van der Waals surface area contributed by atoms with Gasteiger partial charge in [-0.15, -0.1) is 0 Å². The van der Waals surface area contributed by atoms with Crippen LogP contribution in [0.3, 0.4) is 0 Å². The van der Waals surface area contributed by atoms with E-state index >= 15 is 0 Å². The molecule has 0 radical (unpaired) electrons. The van der Waals surface area contributed by atoms with Gasteiger partial charge in [0.1, 0.15) is 12.5 Å². The molecule has 0 unspecified atom stereocenters. The van der Waals surface area contributed by atoms with Crippen molar-refractivity contribution in [1.29, 1.82) is 0 Å². The summed E-state index contributed by atoms with van der Waals surface area (Å²) < 4.78 is 15.9. The van der Waals surface area contributed by atoms with Crippen molar-refractivity contribution in [2.24, 2.45) is 0 Å². The van der Waals surface area contributed by atoms with E-state index in [4.69, 9.17) is 14.3 Å². The minimum Gasteiger partial charge on any atom is -0.404 e. The van der Waals surface area contributed by atoms with Gasteiger partial charge in [-0.05, 0) is 17.4 Å². The number of fused-ring (bicyclic) bond motifs is 3. The molecule has 0 atom stereocenters. The van der Waals surface area contributed by atoms with Crippen molar-refractivity contribution in [1.82, 2.24) is 0 Å². The number of phosphoric ester groups is 1. The number of benzene rings is 2. The third kappa shape index (κ3) is 2.27. The Morgan fingerprint density at radius 3 is 2.60 bits per heavy atom. The number of rotatable bonds is 3. The van der Waals surface area contributed by atoms with Crippen molar-refractivity contribution in [2.45, 2.75) is 6.42 Å². The average molecular weight is 295 g/mol. The Bertz CT molecular complexity index is 711. The first kappa shape index (κ1) is 13.4. The van der Waals surface area contributed by atoms with E-state index in [2.05, 4.69) is 0 Å². The molecule has 20 heavy (non-hydrogen) atoms. The van der Waals surface area contributed by atoms with E-state index in [1.165, 1.54) is 0 Å². The second-order valence-corrected chi connectivity index (χ2v) is 5.82. The fraction of sp³-hybridized carbons (Fsp3) is 0.231. The monoisotopic (exact) mass is 295 g/mol. The van der Waals surface area contributed by atoms with Crippen LogP contribution < -0.4 is 9.42 Å². The summed E-state index contributed by atoms with van der Waals surface area (Å²) in [6, 6.07) is 8.90. The predicted molar refractivity (Wildman–Crippen MR) is 74.8 cm³/mol. The summed E-state index contributed by atoms with van der Waals surface area (Å²) in [6.45, 7) is 0.538. The lowest BCUT2D eigenvalue weighted by Gasteiger charge is -2.18. The van der Waals surface area contributed by atoms with E-state index in [-0.39, 0.29) is 12.5 Å². The van der Waals surface area contributed by atoms with Crippen LogP contribution in [0, 0.1) is 0 Å². The number of anilines is 1. The number of phosphoric acid groups is 1. The first-order chi connectivity index (χ1) is 9.49. The lowest BCUT2D eigenvalue weighted by atomic mass is 10.0. The van der Waals surface area contributed by atoms with Crippen molar-refractivity contribution in [2.75, 3.05) is 18.2 Å². The van der Waals surface area contributed by atoms with Gasteiger partial charge in [-0.1, -0.05) is 24.3 Å². The van der Waals surface area contributed by atoms with Crippen molar-refractivity contribution in [3.63, 3.8) is 0 Å². The lowest BCUT2D eigenvalue weighted by molar-refractivity contribution is 0.284. The summed E-state index contributed by atoms with van der Waals surface area (Å²) in [7, 11) is -4.63. The van der Waals surface area contributed by atoms with Gasteiger partial charge < -0.3 is 14.5 Å². The van der Waals surface area contributed by atoms with Crippen LogP contribution in [0.1, 0.15) is 5.56 Å². The maximum absolute atomic E-state index is 11.1. The third-order valence-corrected chi connectivity index (χ3v) is 3.89. The van der Waals surface area contributed by atoms with Crippen LogP contribution in [-0.2, 0) is 11.0 Å². The molecule has 1 aliphatic heterocycles. The fourth-order valence-corrected chi connectivity index (χ4v) is 3.06. The van der Waals surface area contributed by atoms with Gasteiger partial charge in [-0.2, -0.15) is 0 Å². The number of hydrogen-bond acceptors (Lipinski definition) is 4. The molecule has 3 rings (SSSR count). The minimum atomic E-state index is -4.63. The van der Waals surface area contributed by atoms with Gasteiger partial charge in [0.05, 0.1) is 0 Å². The first-order valence-corrected chi connectivity index (χ1v) is 7.68. The Balaban J connectivity index is 2.25. The van der Waals surface area contributed by atoms with E-state index in [1.807, 2.05) is 12.1 Å². The Morgan fingerprint density at radius 2 is 1.95 bits per heavy atom. The van der Waals surface area contributed by atoms with Gasteiger partial charge >= 0.3 is 7.82 Å². The largest absolute Gasteiger partial charge is 0.524 e. The van der Waals surface area contributed by atoms with Crippen LogP contribution in [0.25, 0.3) is 10.8 Å². The van der Waals surface area contributed by atoms with Gasteiger partial charge in [0, 0.05) is 23.7 Å². The zero-order valence-electron chi connectivity index (χ0n) is 10.6. The van der Waals surface area contributed by atoms with Gasteiger partial charge in [0.25, 0.3) is 0 Å². The zero-order valence-corrected chi connectivity index (χ0v) is 11.5. The number of nitrogens with zero attached hydrogens (tertiary/aromatic N) is 1. The molecule has 1 aliphatic rings. The van der Waals surface area contributed by atoms with Gasteiger partial charge in [-0.3, -0.25) is 9.79 Å². The number of aliphatic hydroxyl groups is 1. The van der Waals surface area contributed by atoms with Crippen LogP contribution >= 0.6 is 7.82 Å². The lowest BCUT2D eigenvalue weighted by Crippen LogP contribution is -2.20. The summed E-state index contributed by atoms with van der Waals surface area (Å²) in [4.78, 5) is 19.8. The fourth-order valence-electron chi connectivity index (χ4n) is 2.65. The van der Waals surface area contributed by atoms with Gasteiger partial charge in [0.2, 0.25) is 0 Å². The first-order valence-electron chi connectivity index (χ1n) is 6.15. The maximum atomic E-state index is 11.1. The zero-order chi connectivity index (χ0) is 14.3. The van der Waals surface area contributed by atoms with Gasteiger partial charge in [0.15, 0.2) is 0 Å². The molecule has 2 aromatic rings. The van der Waals surface area contributed by atoms with E-state index in [9.17, 15) is 9.67 Å². The summed E-state index contributed by atoms with van der Waals surface area (Å²) in [5.74, 6) is 0.132. The molecule has 0 saturated heterocycles. The highest BCUT2D eigenvalue weighted by atomic mass is 31.2. The van der Waals surface area contributed by atoms with Crippen LogP contribution in [0.2, 0.25) is 0 Å². The van der Waals surface area contributed by atoms with Crippen LogP contribution in [0.4, 0.5) is 5.69 Å². The van der Waals surface area contributed by atoms with Crippen molar-refractivity contribution >= 4 is 24.3 Å². The van der Waals surface area contributed by atoms with E-state index < -0.39 is 7.82 Å². The Hall–Kier alpha value is -1.59. The molecular weight excluding hydrogens is 281 g/mol. The van der Waals surface area contributed by atoms with Crippen LogP contribution in [0.5, 0.6) is 5.75 Å². The van der Waals surface area contributed by atoms with E-state index in [0.717, 1.165) is 23.1 Å². The molecule has 0 amide bonds. The van der Waals surface area contributed by atoms with Crippen LogP contribution in [0.15, 0.2) is 30.3 Å². The molecule has 0 saturated carbocycles. The maximum Gasteiger partial charge on any atom is 0.524 e. The molecule has 3 N–H and O–H groups in total. The third-order valence-electron chi connectivity index (χ3n) is 3.46. The topological polar surface area (TPSA) is 90.2 Å². The molecule has 6 nitrogen and oxygen atoms in total. The highest BCUT2D eigenvalue weighted by Crippen LogP contribution is 2.45.